The van der Waals surface area contributed by atoms with Crippen molar-refractivity contribution in [3.8, 4) is 12.3 Å². The highest BCUT2D eigenvalue weighted by Crippen LogP contribution is 2.27. The van der Waals surface area contributed by atoms with Gasteiger partial charge < -0.3 is 15.3 Å². The van der Waals surface area contributed by atoms with Crippen molar-refractivity contribution in [2.75, 3.05) is 13.6 Å². The molecule has 0 spiro atoms. The molecule has 1 rings (SSSR count). The van der Waals surface area contributed by atoms with Crippen LogP contribution in [-0.2, 0) is 4.79 Å². The minimum Gasteiger partial charge on any atom is -0.480 e. The van der Waals surface area contributed by atoms with Crippen LogP contribution in [0.2, 0.25) is 0 Å². The van der Waals surface area contributed by atoms with E-state index in [-0.39, 0.29) is 6.54 Å². The number of nitrogens with one attached hydrogen (secondary N) is 1. The highest BCUT2D eigenvalue weighted by atomic mass is 16.4. The Balaban J connectivity index is 2.76. The van der Waals surface area contributed by atoms with Gasteiger partial charge in [0, 0.05) is 7.05 Å². The first kappa shape index (κ1) is 14.4. The first-order chi connectivity index (χ1) is 8.52. The third-order valence-electron chi connectivity index (χ3n) is 3.39. The van der Waals surface area contributed by atoms with E-state index in [1.807, 2.05) is 0 Å². The number of aliphatic carboxylic acids is 1. The first-order valence-electron chi connectivity index (χ1n) is 6.22. The van der Waals surface area contributed by atoms with E-state index >= 15 is 0 Å². The number of carboxylic acid groups (broad SMARTS) is 1. The number of carboxylic acids is 1. The molecule has 2 amide bonds. The van der Waals surface area contributed by atoms with E-state index in [1.54, 1.807) is 7.05 Å². The number of carbonyl (C=O) groups is 2. The number of carbonyl (C=O) groups excluding carboxylic acids is 1. The summed E-state index contributed by atoms with van der Waals surface area (Å²) in [7, 11) is 1.56. The summed E-state index contributed by atoms with van der Waals surface area (Å²) in [6, 6.07) is -0.419. The molecule has 100 valence electrons. The highest BCUT2D eigenvalue weighted by Gasteiger charge is 2.40. The van der Waals surface area contributed by atoms with Gasteiger partial charge in [-0.15, -0.1) is 6.42 Å². The molecule has 0 radical (unpaired) electrons. The Kier molecular flexibility index (Phi) is 5.02. The monoisotopic (exact) mass is 252 g/mol. The molecule has 0 heterocycles. The quantitative estimate of drug-likeness (QED) is 0.590. The molecule has 2 N–H and O–H groups in total. The molecule has 5 heteroatoms. The van der Waals surface area contributed by atoms with E-state index in [2.05, 4.69) is 11.2 Å². The Morgan fingerprint density at radius 3 is 2.33 bits per heavy atom. The fraction of sp³-hybridized carbons (Fsp3) is 0.692. The van der Waals surface area contributed by atoms with Gasteiger partial charge in [0.2, 0.25) is 0 Å². The Bertz CT molecular complexity index is 352. The Hall–Kier alpha value is -1.70. The van der Waals surface area contributed by atoms with Gasteiger partial charge in [-0.25, -0.2) is 9.59 Å². The molecule has 0 aromatic carbocycles. The molecule has 0 bridgehead atoms. The summed E-state index contributed by atoms with van der Waals surface area (Å²) in [4.78, 5) is 24.7. The molecule has 1 saturated carbocycles. The second-order valence-electron chi connectivity index (χ2n) is 4.79. The Morgan fingerprint density at radius 1 is 1.33 bits per heavy atom. The lowest BCUT2D eigenvalue weighted by Crippen LogP contribution is -2.57. The zero-order valence-electron chi connectivity index (χ0n) is 10.7. The second kappa shape index (κ2) is 6.29. The molecule has 0 aliphatic heterocycles. The van der Waals surface area contributed by atoms with Crippen molar-refractivity contribution in [2.45, 2.75) is 44.1 Å². The molecule has 0 aromatic rings. The maximum absolute atomic E-state index is 11.9. The third-order valence-corrected chi connectivity index (χ3v) is 3.39. The maximum atomic E-state index is 11.9. The van der Waals surface area contributed by atoms with Gasteiger partial charge in [0.05, 0.1) is 6.54 Å². The zero-order valence-corrected chi connectivity index (χ0v) is 10.7. The van der Waals surface area contributed by atoms with Crippen molar-refractivity contribution in [1.82, 2.24) is 10.2 Å². The smallest absolute Gasteiger partial charge is 0.329 e. The average molecular weight is 252 g/mol. The average Bonchev–Trinajstić information content (AvgIpc) is 2.56. The van der Waals surface area contributed by atoms with Crippen molar-refractivity contribution < 1.29 is 14.7 Å². The van der Waals surface area contributed by atoms with Crippen LogP contribution in [0, 0.1) is 12.3 Å². The summed E-state index contributed by atoms with van der Waals surface area (Å²) in [5.74, 6) is 1.41. The molecule has 0 unspecified atom stereocenters. The maximum Gasteiger partial charge on any atom is 0.329 e. The number of hydrogen-bond acceptors (Lipinski definition) is 2. The van der Waals surface area contributed by atoms with Crippen LogP contribution < -0.4 is 5.32 Å². The van der Waals surface area contributed by atoms with E-state index in [1.165, 1.54) is 4.90 Å². The van der Waals surface area contributed by atoms with Crippen LogP contribution in [0.3, 0.4) is 0 Å². The molecular formula is C13H20N2O3. The molecule has 0 saturated heterocycles. The van der Waals surface area contributed by atoms with Gasteiger partial charge in [-0.1, -0.05) is 31.6 Å². The molecular weight excluding hydrogens is 232 g/mol. The van der Waals surface area contributed by atoms with Crippen molar-refractivity contribution in [3.63, 3.8) is 0 Å². The fourth-order valence-corrected chi connectivity index (χ4v) is 2.23. The minimum absolute atomic E-state index is 0.168. The van der Waals surface area contributed by atoms with Crippen LogP contribution in [0.15, 0.2) is 0 Å². The lowest BCUT2D eigenvalue weighted by atomic mass is 9.90. The molecule has 18 heavy (non-hydrogen) atoms. The number of terminal acetylenes is 1. The van der Waals surface area contributed by atoms with Crippen LogP contribution in [-0.4, -0.2) is 41.1 Å². The summed E-state index contributed by atoms with van der Waals surface area (Å²) in [5.41, 5.74) is -1.13. The molecule has 1 aliphatic rings. The number of nitrogens with zero attached hydrogens (tertiary/aromatic N) is 1. The van der Waals surface area contributed by atoms with Crippen LogP contribution >= 0.6 is 0 Å². The topological polar surface area (TPSA) is 69.6 Å². The minimum atomic E-state index is -1.13. The van der Waals surface area contributed by atoms with Crippen molar-refractivity contribution >= 4 is 12.0 Å². The number of urea groups is 1. The largest absolute Gasteiger partial charge is 0.480 e. The van der Waals surface area contributed by atoms with Gasteiger partial charge in [0.15, 0.2) is 0 Å². The molecule has 0 aromatic heterocycles. The van der Waals surface area contributed by atoms with Gasteiger partial charge in [0.25, 0.3) is 0 Å². The van der Waals surface area contributed by atoms with E-state index in [0.29, 0.717) is 12.8 Å². The van der Waals surface area contributed by atoms with Gasteiger partial charge in [-0.05, 0) is 12.8 Å². The highest BCUT2D eigenvalue weighted by molar-refractivity contribution is 5.86. The van der Waals surface area contributed by atoms with Crippen LogP contribution in [0.5, 0.6) is 0 Å². The lowest BCUT2D eigenvalue weighted by Gasteiger charge is -2.31. The van der Waals surface area contributed by atoms with E-state index in [4.69, 9.17) is 6.42 Å². The molecule has 1 aliphatic carbocycles. The molecule has 5 nitrogen and oxygen atoms in total. The number of hydrogen-bond donors (Lipinski definition) is 2. The predicted molar refractivity (Wildman–Crippen MR) is 68.1 cm³/mol. The van der Waals surface area contributed by atoms with E-state index < -0.39 is 17.5 Å². The lowest BCUT2D eigenvalue weighted by molar-refractivity contribution is -0.145. The SMILES string of the molecule is C#CCN(C)C(=O)NC1(C(=O)O)CCCCCC1. The summed E-state index contributed by atoms with van der Waals surface area (Å²) in [5, 5.41) is 12.0. The summed E-state index contributed by atoms with van der Waals surface area (Å²) in [6.45, 7) is 0.168. The van der Waals surface area contributed by atoms with Crippen LogP contribution in [0.1, 0.15) is 38.5 Å². The molecule has 1 fully saturated rings. The molecule has 0 atom stereocenters. The normalized spacial score (nSPS) is 18.2. The van der Waals surface area contributed by atoms with E-state index in [9.17, 15) is 14.7 Å². The summed E-state index contributed by atoms with van der Waals surface area (Å²) in [6.07, 6.45) is 9.79. The first-order valence-corrected chi connectivity index (χ1v) is 6.22. The standard InChI is InChI=1S/C13H20N2O3/c1-3-10-15(2)12(18)14-13(11(16)17)8-6-4-5-7-9-13/h1H,4-10H2,2H3,(H,14,18)(H,16,17). The number of rotatable bonds is 3. The van der Waals surface area contributed by atoms with Gasteiger partial charge in [-0.3, -0.25) is 0 Å². The van der Waals surface area contributed by atoms with Gasteiger partial charge >= 0.3 is 12.0 Å². The summed E-state index contributed by atoms with van der Waals surface area (Å²) >= 11 is 0. The van der Waals surface area contributed by atoms with Gasteiger partial charge in [0.1, 0.15) is 5.54 Å². The van der Waals surface area contributed by atoms with E-state index in [0.717, 1.165) is 25.7 Å². The predicted octanol–water partition coefficient (Wildman–Crippen LogP) is 1.44. The summed E-state index contributed by atoms with van der Waals surface area (Å²) < 4.78 is 0. The fourth-order valence-electron chi connectivity index (χ4n) is 2.23. The Morgan fingerprint density at radius 2 is 1.89 bits per heavy atom. The van der Waals surface area contributed by atoms with Gasteiger partial charge in [-0.2, -0.15) is 0 Å². The zero-order chi connectivity index (χ0) is 13.6. The van der Waals surface area contributed by atoms with Crippen molar-refractivity contribution in [1.29, 1.82) is 0 Å². The Labute approximate surface area is 108 Å². The van der Waals surface area contributed by atoms with Crippen LogP contribution in [0.4, 0.5) is 4.79 Å². The van der Waals surface area contributed by atoms with Crippen molar-refractivity contribution in [3.05, 3.63) is 0 Å². The second-order valence-corrected chi connectivity index (χ2v) is 4.79. The van der Waals surface area contributed by atoms with Crippen LogP contribution in [0.25, 0.3) is 0 Å². The third kappa shape index (κ3) is 3.39. The van der Waals surface area contributed by atoms with Crippen molar-refractivity contribution in [2.24, 2.45) is 0 Å². The number of amides is 2.